The third-order valence-electron chi connectivity index (χ3n) is 5.47. The van der Waals surface area contributed by atoms with Crippen LogP contribution in [0.5, 0.6) is 0 Å². The molecule has 0 aliphatic heterocycles. The molecule has 5 aromatic rings. The number of aryl methyl sites for hydroxylation is 1. The van der Waals surface area contributed by atoms with Crippen molar-refractivity contribution >= 4 is 34.0 Å². The maximum atomic E-state index is 14.9. The van der Waals surface area contributed by atoms with Crippen molar-refractivity contribution in [2.45, 2.75) is 13.3 Å². The van der Waals surface area contributed by atoms with Crippen LogP contribution in [0.1, 0.15) is 16.8 Å². The Labute approximate surface area is 185 Å². The minimum atomic E-state index is -1.26. The maximum absolute atomic E-state index is 14.9. The number of benzene rings is 2. The molecular formula is C23H17FN6O3. The van der Waals surface area contributed by atoms with Crippen LogP contribution in [0, 0.1) is 12.7 Å². The number of carbonyl (C=O) groups is 1. The molecule has 0 aliphatic rings. The molecule has 0 saturated carbocycles. The quantitative estimate of drug-likeness (QED) is 0.331. The number of H-pyrrole nitrogens is 2. The number of imidazole rings is 1. The van der Waals surface area contributed by atoms with Crippen molar-refractivity contribution in [2.75, 3.05) is 5.32 Å². The van der Waals surface area contributed by atoms with Gasteiger partial charge >= 0.3 is 6.09 Å². The van der Waals surface area contributed by atoms with Crippen molar-refractivity contribution in [1.82, 2.24) is 25.1 Å². The summed E-state index contributed by atoms with van der Waals surface area (Å²) in [5.41, 5.74) is 3.60. The molecule has 10 heteroatoms. The highest BCUT2D eigenvalue weighted by Gasteiger charge is 2.16. The Hall–Kier alpha value is -4.60. The molecule has 2 aromatic carbocycles. The van der Waals surface area contributed by atoms with E-state index >= 15 is 0 Å². The van der Waals surface area contributed by atoms with Gasteiger partial charge in [0, 0.05) is 29.1 Å². The summed E-state index contributed by atoms with van der Waals surface area (Å²) < 4.78 is 14.9. The van der Waals surface area contributed by atoms with Gasteiger partial charge in [-0.15, -0.1) is 0 Å². The number of amides is 1. The number of halogens is 1. The second kappa shape index (κ2) is 7.83. The highest BCUT2D eigenvalue weighted by atomic mass is 19.1. The van der Waals surface area contributed by atoms with Gasteiger partial charge in [-0.05, 0) is 36.2 Å². The normalized spacial score (nSPS) is 11.2. The minimum absolute atomic E-state index is 0.0375. The molecule has 0 unspecified atom stereocenters. The van der Waals surface area contributed by atoms with Crippen molar-refractivity contribution in [1.29, 1.82) is 0 Å². The molecule has 0 aliphatic carbocycles. The molecule has 0 spiro atoms. The number of hydrogen-bond donors (Lipinski definition) is 4. The van der Waals surface area contributed by atoms with Gasteiger partial charge in [-0.3, -0.25) is 10.1 Å². The number of nitrogens with one attached hydrogen (secondary N) is 3. The first-order valence-electron chi connectivity index (χ1n) is 10.0. The number of aromatic amines is 2. The summed E-state index contributed by atoms with van der Waals surface area (Å²) in [5, 5.41) is 19.0. The third-order valence-corrected chi connectivity index (χ3v) is 5.47. The molecule has 3 aromatic heterocycles. The molecule has 0 saturated heterocycles. The predicted octanol–water partition coefficient (Wildman–Crippen LogP) is 3.99. The van der Waals surface area contributed by atoms with Crippen molar-refractivity contribution in [3.8, 4) is 11.1 Å². The summed E-state index contributed by atoms with van der Waals surface area (Å²) in [5.74, 6) is -0.388. The van der Waals surface area contributed by atoms with Crippen molar-refractivity contribution < 1.29 is 14.3 Å². The lowest BCUT2D eigenvalue weighted by Crippen LogP contribution is -2.11. The number of fused-ring (bicyclic) bond motifs is 2. The third kappa shape index (κ3) is 3.67. The number of nitrogens with zero attached hydrogens (tertiary/aromatic N) is 3. The Bertz CT molecular complexity index is 1610. The molecule has 1 amide bonds. The van der Waals surface area contributed by atoms with E-state index in [0.717, 1.165) is 10.9 Å². The number of hydrogen-bond acceptors (Lipinski definition) is 5. The Morgan fingerprint density at radius 2 is 1.94 bits per heavy atom. The Kier molecular flexibility index (Phi) is 4.82. The van der Waals surface area contributed by atoms with Gasteiger partial charge in [0.05, 0.1) is 16.6 Å². The monoisotopic (exact) mass is 444 g/mol. The zero-order valence-corrected chi connectivity index (χ0v) is 17.3. The minimum Gasteiger partial charge on any atom is -0.465 e. The van der Waals surface area contributed by atoms with E-state index in [1.807, 2.05) is 12.1 Å². The summed E-state index contributed by atoms with van der Waals surface area (Å²) in [7, 11) is 0. The van der Waals surface area contributed by atoms with Crippen LogP contribution < -0.4 is 10.9 Å². The lowest BCUT2D eigenvalue weighted by Gasteiger charge is -2.11. The van der Waals surface area contributed by atoms with E-state index in [-0.39, 0.29) is 11.5 Å². The van der Waals surface area contributed by atoms with Gasteiger partial charge in [0.2, 0.25) is 5.95 Å². The second-order valence-electron chi connectivity index (χ2n) is 7.55. The van der Waals surface area contributed by atoms with E-state index in [0.29, 0.717) is 45.4 Å². The predicted molar refractivity (Wildman–Crippen MR) is 121 cm³/mol. The van der Waals surface area contributed by atoms with E-state index in [4.69, 9.17) is 5.11 Å². The van der Waals surface area contributed by atoms with E-state index in [2.05, 4.69) is 30.5 Å². The van der Waals surface area contributed by atoms with Gasteiger partial charge in [-0.25, -0.2) is 19.3 Å². The first kappa shape index (κ1) is 20.3. The Balaban J connectivity index is 1.57. The summed E-state index contributed by atoms with van der Waals surface area (Å²) in [6, 6.07) is 12.0. The first-order valence-corrected chi connectivity index (χ1v) is 10.0. The largest absolute Gasteiger partial charge is 0.465 e. The van der Waals surface area contributed by atoms with Crippen LogP contribution in [0.25, 0.3) is 33.1 Å². The summed E-state index contributed by atoms with van der Waals surface area (Å²) in [4.78, 5) is 34.2. The fourth-order valence-corrected chi connectivity index (χ4v) is 3.90. The average Bonchev–Trinajstić information content (AvgIpc) is 3.20. The standard InChI is InChI=1S/C23H17FN6O3/c1-11-16(10-25-20-19(11)26-22(27-20)28-23(32)33)15-8-12(6-7-17(15)24)9-18-13-4-2-3-5-14(13)21(31)30-29-18/h2-8,10H,9H2,1H3,(H,30,31)(H,32,33)(H2,25,26,27,28). The molecule has 0 radical (unpaired) electrons. The van der Waals surface area contributed by atoms with Crippen LogP contribution in [0.4, 0.5) is 15.1 Å². The first-order chi connectivity index (χ1) is 15.9. The number of aromatic nitrogens is 5. The smallest absolute Gasteiger partial charge is 0.411 e. The van der Waals surface area contributed by atoms with Crippen LogP contribution in [-0.2, 0) is 6.42 Å². The molecule has 9 nitrogen and oxygen atoms in total. The maximum Gasteiger partial charge on any atom is 0.411 e. The molecule has 3 heterocycles. The van der Waals surface area contributed by atoms with Crippen LogP contribution in [0.2, 0.25) is 0 Å². The van der Waals surface area contributed by atoms with E-state index < -0.39 is 11.9 Å². The molecule has 0 atom stereocenters. The molecule has 164 valence electrons. The zero-order valence-electron chi connectivity index (χ0n) is 17.3. The van der Waals surface area contributed by atoms with Gasteiger partial charge in [-0.2, -0.15) is 10.1 Å². The van der Waals surface area contributed by atoms with Gasteiger partial charge < -0.3 is 10.1 Å². The lowest BCUT2D eigenvalue weighted by atomic mass is 9.97. The topological polar surface area (TPSA) is 137 Å². The SMILES string of the molecule is Cc1c(-c2cc(Cc3n[nH]c(=O)c4ccccc34)ccc2F)cnc2nc(NC(=O)O)[nH]c12. The highest BCUT2D eigenvalue weighted by molar-refractivity contribution is 5.88. The second-order valence-corrected chi connectivity index (χ2v) is 7.55. The van der Waals surface area contributed by atoms with Crippen molar-refractivity contribution in [3.63, 3.8) is 0 Å². The van der Waals surface area contributed by atoms with E-state index in [9.17, 15) is 14.0 Å². The van der Waals surface area contributed by atoms with Gasteiger partial charge in [0.1, 0.15) is 5.82 Å². The van der Waals surface area contributed by atoms with Gasteiger partial charge in [-0.1, -0.05) is 24.3 Å². The molecular weight excluding hydrogens is 427 g/mol. The van der Waals surface area contributed by atoms with Gasteiger partial charge in [0.15, 0.2) is 5.65 Å². The fourth-order valence-electron chi connectivity index (χ4n) is 3.90. The number of carboxylic acid groups (broad SMARTS) is 1. The van der Waals surface area contributed by atoms with Crippen LogP contribution >= 0.6 is 0 Å². The zero-order chi connectivity index (χ0) is 23.1. The molecule has 33 heavy (non-hydrogen) atoms. The summed E-state index contributed by atoms with van der Waals surface area (Å²) in [6.07, 6.45) is 0.642. The number of anilines is 1. The molecule has 5 rings (SSSR count). The molecule has 0 fully saturated rings. The summed E-state index contributed by atoms with van der Waals surface area (Å²) >= 11 is 0. The van der Waals surface area contributed by atoms with Crippen LogP contribution in [0.3, 0.4) is 0 Å². The van der Waals surface area contributed by atoms with Crippen molar-refractivity contribution in [2.24, 2.45) is 0 Å². The van der Waals surface area contributed by atoms with Crippen LogP contribution in [-0.4, -0.2) is 36.3 Å². The van der Waals surface area contributed by atoms with E-state index in [1.54, 1.807) is 31.2 Å². The fraction of sp³-hybridized carbons (Fsp3) is 0.0870. The summed E-state index contributed by atoms with van der Waals surface area (Å²) in [6.45, 7) is 1.78. The van der Waals surface area contributed by atoms with Crippen LogP contribution in [0.15, 0.2) is 53.5 Å². The average molecular weight is 444 g/mol. The van der Waals surface area contributed by atoms with E-state index in [1.165, 1.54) is 12.3 Å². The van der Waals surface area contributed by atoms with Crippen molar-refractivity contribution in [3.05, 3.63) is 81.7 Å². The molecule has 0 bridgehead atoms. The highest BCUT2D eigenvalue weighted by Crippen LogP contribution is 2.31. The molecule has 4 N–H and O–H groups in total. The Morgan fingerprint density at radius 1 is 1.15 bits per heavy atom. The number of rotatable bonds is 4. The number of pyridine rings is 1. The lowest BCUT2D eigenvalue weighted by molar-refractivity contribution is 0.209. The van der Waals surface area contributed by atoms with Gasteiger partial charge in [0.25, 0.3) is 5.56 Å². The Morgan fingerprint density at radius 3 is 2.73 bits per heavy atom.